The smallest absolute Gasteiger partial charge is 0.0462 e. The fraction of sp³-hybridized carbons (Fsp3) is 0.600. The summed E-state index contributed by atoms with van der Waals surface area (Å²) >= 11 is 9.58. The van der Waals surface area contributed by atoms with Gasteiger partial charge in [0.1, 0.15) is 0 Å². The molecule has 0 aliphatic rings. The van der Waals surface area contributed by atoms with Gasteiger partial charge in [-0.25, -0.2) is 0 Å². The van der Waals surface area contributed by atoms with Gasteiger partial charge < -0.3 is 10.2 Å². The first kappa shape index (κ1) is 17.0. The van der Waals surface area contributed by atoms with Gasteiger partial charge in [0, 0.05) is 22.1 Å². The number of halogens is 2. The van der Waals surface area contributed by atoms with Crippen LogP contribution in [0.5, 0.6) is 0 Å². The maximum Gasteiger partial charge on any atom is 0.0462 e. The molecule has 0 aliphatic carbocycles. The molecule has 4 heteroatoms. The molecule has 0 aliphatic heterocycles. The van der Waals surface area contributed by atoms with Gasteiger partial charge in [0.05, 0.1) is 0 Å². The summed E-state index contributed by atoms with van der Waals surface area (Å²) in [5.74, 6) is 0. The van der Waals surface area contributed by atoms with Gasteiger partial charge in [-0.1, -0.05) is 33.6 Å². The molecule has 0 radical (unpaired) electrons. The van der Waals surface area contributed by atoms with Crippen molar-refractivity contribution in [3.8, 4) is 0 Å². The fourth-order valence-corrected chi connectivity index (χ4v) is 2.50. The highest BCUT2D eigenvalue weighted by Crippen LogP contribution is 2.21. The lowest BCUT2D eigenvalue weighted by molar-refractivity contribution is 0.268. The van der Waals surface area contributed by atoms with E-state index in [2.05, 4.69) is 53.1 Å². The molecule has 1 aromatic rings. The lowest BCUT2D eigenvalue weighted by Gasteiger charge is -2.20. The second-order valence-corrected chi connectivity index (χ2v) is 6.52. The van der Waals surface area contributed by atoms with Crippen molar-refractivity contribution >= 4 is 27.5 Å². The Morgan fingerprint density at radius 1 is 1.32 bits per heavy atom. The normalized spacial score (nSPS) is 11.5. The monoisotopic (exact) mass is 346 g/mol. The topological polar surface area (TPSA) is 15.3 Å². The van der Waals surface area contributed by atoms with E-state index in [4.69, 9.17) is 11.6 Å². The van der Waals surface area contributed by atoms with Gasteiger partial charge in [-0.2, -0.15) is 0 Å². The molecule has 108 valence electrons. The van der Waals surface area contributed by atoms with Crippen LogP contribution in [0.1, 0.15) is 32.3 Å². The van der Waals surface area contributed by atoms with E-state index in [9.17, 15) is 0 Å². The van der Waals surface area contributed by atoms with E-state index < -0.39 is 0 Å². The minimum atomic E-state index is 0.634. The van der Waals surface area contributed by atoms with Crippen molar-refractivity contribution in [3.05, 3.63) is 33.3 Å². The van der Waals surface area contributed by atoms with Crippen molar-refractivity contribution in [2.24, 2.45) is 0 Å². The van der Waals surface area contributed by atoms with Crippen LogP contribution in [-0.2, 0) is 6.54 Å². The number of benzene rings is 1. The Labute approximate surface area is 130 Å². The summed E-state index contributed by atoms with van der Waals surface area (Å²) in [6.45, 7) is 7.50. The van der Waals surface area contributed by atoms with E-state index in [1.807, 2.05) is 12.1 Å². The highest BCUT2D eigenvalue weighted by atomic mass is 79.9. The standard InChI is InChI=1S/C15H24BrClN2/c1-12(2)19(3)9-5-4-8-18-11-13-6-7-14(16)10-15(13)17/h6-7,10,12,18H,4-5,8-9,11H2,1-3H3. The Hall–Kier alpha value is -0.0900. The Morgan fingerprint density at radius 2 is 2.05 bits per heavy atom. The first-order valence-electron chi connectivity index (χ1n) is 6.85. The first-order valence-corrected chi connectivity index (χ1v) is 8.02. The van der Waals surface area contributed by atoms with Gasteiger partial charge in [0.2, 0.25) is 0 Å². The van der Waals surface area contributed by atoms with E-state index in [0.717, 1.165) is 28.1 Å². The predicted molar refractivity (Wildman–Crippen MR) is 87.9 cm³/mol. The van der Waals surface area contributed by atoms with Crippen LogP contribution < -0.4 is 5.32 Å². The predicted octanol–water partition coefficient (Wildman–Crippen LogP) is 4.31. The van der Waals surface area contributed by atoms with Crippen LogP contribution in [0, 0.1) is 0 Å². The van der Waals surface area contributed by atoms with Gasteiger partial charge in [-0.3, -0.25) is 0 Å². The molecule has 1 N–H and O–H groups in total. The molecule has 1 aromatic carbocycles. The molecule has 2 nitrogen and oxygen atoms in total. The summed E-state index contributed by atoms with van der Waals surface area (Å²) in [7, 11) is 2.18. The zero-order valence-corrected chi connectivity index (χ0v) is 14.4. The molecule has 0 saturated carbocycles. The second kappa shape index (κ2) is 8.96. The Morgan fingerprint density at radius 3 is 2.68 bits per heavy atom. The van der Waals surface area contributed by atoms with E-state index in [0.29, 0.717) is 6.04 Å². The number of hydrogen-bond acceptors (Lipinski definition) is 2. The molecule has 0 bridgehead atoms. The van der Waals surface area contributed by atoms with Crippen LogP contribution >= 0.6 is 27.5 Å². The molecule has 0 heterocycles. The zero-order valence-electron chi connectivity index (χ0n) is 12.0. The quantitative estimate of drug-likeness (QED) is 0.705. The summed E-state index contributed by atoms with van der Waals surface area (Å²) in [5, 5.41) is 4.27. The number of hydrogen-bond donors (Lipinski definition) is 1. The van der Waals surface area contributed by atoms with Crippen LogP contribution in [0.3, 0.4) is 0 Å². The fourth-order valence-electron chi connectivity index (χ4n) is 1.76. The molecular formula is C15H24BrClN2. The van der Waals surface area contributed by atoms with Crippen LogP contribution in [0.4, 0.5) is 0 Å². The first-order chi connectivity index (χ1) is 9.00. The maximum atomic E-state index is 6.17. The minimum absolute atomic E-state index is 0.634. The molecule has 0 aromatic heterocycles. The van der Waals surface area contributed by atoms with Gasteiger partial charge in [0.25, 0.3) is 0 Å². The Bertz CT molecular complexity index is 382. The van der Waals surface area contributed by atoms with E-state index in [-0.39, 0.29) is 0 Å². The minimum Gasteiger partial charge on any atom is -0.313 e. The molecule has 0 fully saturated rings. The molecule has 19 heavy (non-hydrogen) atoms. The third-order valence-corrected chi connectivity index (χ3v) is 4.17. The highest BCUT2D eigenvalue weighted by Gasteiger charge is 2.02. The molecule has 0 unspecified atom stereocenters. The number of nitrogens with zero attached hydrogens (tertiary/aromatic N) is 1. The van der Waals surface area contributed by atoms with E-state index in [1.165, 1.54) is 19.4 Å². The van der Waals surface area contributed by atoms with Gasteiger partial charge in [-0.15, -0.1) is 0 Å². The van der Waals surface area contributed by atoms with Crippen molar-refractivity contribution in [1.82, 2.24) is 10.2 Å². The zero-order chi connectivity index (χ0) is 14.3. The van der Waals surface area contributed by atoms with Crippen molar-refractivity contribution in [1.29, 1.82) is 0 Å². The lowest BCUT2D eigenvalue weighted by Crippen LogP contribution is -2.27. The van der Waals surface area contributed by atoms with Crippen LogP contribution in [0.15, 0.2) is 22.7 Å². The third-order valence-electron chi connectivity index (χ3n) is 3.33. The molecule has 0 atom stereocenters. The lowest BCUT2D eigenvalue weighted by atomic mass is 10.2. The largest absolute Gasteiger partial charge is 0.313 e. The number of rotatable bonds is 8. The highest BCUT2D eigenvalue weighted by molar-refractivity contribution is 9.10. The number of unbranched alkanes of at least 4 members (excludes halogenated alkanes) is 1. The van der Waals surface area contributed by atoms with Crippen molar-refractivity contribution < 1.29 is 0 Å². The Kier molecular flexibility index (Phi) is 8.00. The summed E-state index contributed by atoms with van der Waals surface area (Å²) < 4.78 is 1.03. The molecule has 0 saturated heterocycles. The summed E-state index contributed by atoms with van der Waals surface area (Å²) in [6, 6.07) is 6.66. The van der Waals surface area contributed by atoms with Crippen molar-refractivity contribution in [2.75, 3.05) is 20.1 Å². The van der Waals surface area contributed by atoms with Gasteiger partial charge >= 0.3 is 0 Å². The van der Waals surface area contributed by atoms with Crippen LogP contribution in [0.25, 0.3) is 0 Å². The SMILES string of the molecule is CC(C)N(C)CCCCNCc1ccc(Br)cc1Cl. The van der Waals surface area contributed by atoms with Crippen molar-refractivity contribution in [2.45, 2.75) is 39.3 Å². The van der Waals surface area contributed by atoms with Gasteiger partial charge in [-0.05, 0) is 64.5 Å². The molecule has 0 spiro atoms. The molecule has 0 amide bonds. The third kappa shape index (κ3) is 6.75. The van der Waals surface area contributed by atoms with Crippen LogP contribution in [0.2, 0.25) is 5.02 Å². The average Bonchev–Trinajstić information content (AvgIpc) is 2.35. The maximum absolute atomic E-state index is 6.17. The molecular weight excluding hydrogens is 324 g/mol. The Balaban J connectivity index is 2.14. The molecule has 1 rings (SSSR count). The van der Waals surface area contributed by atoms with Crippen LogP contribution in [-0.4, -0.2) is 31.1 Å². The second-order valence-electron chi connectivity index (χ2n) is 5.19. The van der Waals surface area contributed by atoms with E-state index in [1.54, 1.807) is 0 Å². The van der Waals surface area contributed by atoms with Gasteiger partial charge in [0.15, 0.2) is 0 Å². The summed E-state index contributed by atoms with van der Waals surface area (Å²) in [6.07, 6.45) is 2.43. The average molecular weight is 348 g/mol. The van der Waals surface area contributed by atoms with E-state index >= 15 is 0 Å². The summed E-state index contributed by atoms with van der Waals surface area (Å²) in [4.78, 5) is 2.38. The van der Waals surface area contributed by atoms with Crippen molar-refractivity contribution in [3.63, 3.8) is 0 Å². The number of nitrogens with one attached hydrogen (secondary N) is 1. The summed E-state index contributed by atoms with van der Waals surface area (Å²) in [5.41, 5.74) is 1.16.